The molecular weight excluding hydrogens is 406 g/mol. The molecule has 0 unspecified atom stereocenters. The fourth-order valence-electron chi connectivity index (χ4n) is 4.25. The lowest BCUT2D eigenvalue weighted by molar-refractivity contribution is -0.126. The van der Waals surface area contributed by atoms with Crippen LogP contribution in [0.4, 0.5) is 0 Å². The number of nitrogens with zero attached hydrogens (tertiary/aromatic N) is 1. The molecule has 2 aromatic rings. The first-order valence-electron chi connectivity index (χ1n) is 9.96. The van der Waals surface area contributed by atoms with Crippen LogP contribution in [-0.2, 0) is 17.1 Å². The summed E-state index contributed by atoms with van der Waals surface area (Å²) in [6.45, 7) is 0.845. The Hall–Kier alpha value is -2.11. The first-order chi connectivity index (χ1) is 14.2. The molecule has 29 heavy (non-hydrogen) atoms. The highest BCUT2D eigenvalue weighted by molar-refractivity contribution is 7.99. The normalized spacial score (nSPS) is 20.4. The number of hydrogen-bond donors (Lipinski definition) is 0. The van der Waals surface area contributed by atoms with Gasteiger partial charge in [-0.3, -0.25) is 4.79 Å². The summed E-state index contributed by atoms with van der Waals surface area (Å²) in [4.78, 5) is 15.3. The van der Waals surface area contributed by atoms with Crippen LogP contribution in [0.2, 0.25) is 5.02 Å². The number of carbonyl (C=O) groups is 1. The van der Waals surface area contributed by atoms with Crippen molar-refractivity contribution in [2.45, 2.75) is 43.4 Å². The first-order valence-corrected chi connectivity index (χ1v) is 11.4. The van der Waals surface area contributed by atoms with E-state index in [-0.39, 0.29) is 18.1 Å². The number of hydrogen-bond acceptors (Lipinski definition) is 4. The van der Waals surface area contributed by atoms with Crippen molar-refractivity contribution in [2.24, 2.45) is 0 Å². The van der Waals surface area contributed by atoms with E-state index in [9.17, 15) is 4.79 Å². The van der Waals surface area contributed by atoms with Crippen LogP contribution < -0.4 is 9.47 Å². The van der Waals surface area contributed by atoms with Gasteiger partial charge in [0.05, 0.1) is 0 Å². The molecule has 0 radical (unpaired) electrons. The minimum atomic E-state index is 0.0962. The molecular formula is C23H22ClNO3S. The molecule has 0 N–H and O–H groups in total. The molecule has 1 amide bonds. The van der Waals surface area contributed by atoms with Crippen molar-refractivity contribution in [1.29, 1.82) is 0 Å². The van der Waals surface area contributed by atoms with E-state index >= 15 is 0 Å². The number of amides is 1. The van der Waals surface area contributed by atoms with Gasteiger partial charge in [0.25, 0.3) is 5.91 Å². The maximum Gasteiger partial charge on any atom is 0.251 e. The van der Waals surface area contributed by atoms with Crippen LogP contribution in [0.1, 0.15) is 36.8 Å². The zero-order chi connectivity index (χ0) is 19.8. The largest absolute Gasteiger partial charge is 0.454 e. The lowest BCUT2D eigenvalue weighted by Crippen LogP contribution is -2.33. The molecule has 3 aliphatic rings. The van der Waals surface area contributed by atoms with E-state index in [4.69, 9.17) is 21.1 Å². The Morgan fingerprint density at radius 2 is 1.76 bits per heavy atom. The Morgan fingerprint density at radius 3 is 2.62 bits per heavy atom. The Labute approximate surface area is 179 Å². The fraction of sp³-hybridized carbons (Fsp3) is 0.348. The molecule has 0 spiro atoms. The smallest absolute Gasteiger partial charge is 0.251 e. The summed E-state index contributed by atoms with van der Waals surface area (Å²) < 4.78 is 10.9. The second-order valence-electron chi connectivity index (χ2n) is 7.62. The molecule has 0 bridgehead atoms. The Morgan fingerprint density at radius 1 is 1.00 bits per heavy atom. The van der Waals surface area contributed by atoms with E-state index in [0.717, 1.165) is 52.7 Å². The Balaban J connectivity index is 1.38. The van der Waals surface area contributed by atoms with Crippen LogP contribution in [0, 0.1) is 0 Å². The van der Waals surface area contributed by atoms with Gasteiger partial charge >= 0.3 is 0 Å². The van der Waals surface area contributed by atoms with Gasteiger partial charge in [-0.15, -0.1) is 11.8 Å². The molecule has 0 aromatic heterocycles. The number of benzene rings is 2. The van der Waals surface area contributed by atoms with Crippen LogP contribution in [0.3, 0.4) is 0 Å². The number of carbonyl (C=O) groups excluding carboxylic acids is 1. The molecule has 150 valence electrons. The second-order valence-corrected chi connectivity index (χ2v) is 9.13. The standard InChI is InChI=1S/C23H22ClNO3S/c24-17-8-5-15(6-9-17)13-29-23-19-4-2-1-3-18(19)22(26)25(23)12-16-7-10-20-21(11-16)28-14-27-20/h5-11,23H,1-4,12-14H2/t23-/m1/s1. The molecule has 1 aliphatic carbocycles. The van der Waals surface area contributed by atoms with E-state index in [1.807, 2.05) is 47.0 Å². The number of fused-ring (bicyclic) bond motifs is 1. The van der Waals surface area contributed by atoms with E-state index in [1.165, 1.54) is 17.6 Å². The van der Waals surface area contributed by atoms with Crippen molar-refractivity contribution in [3.63, 3.8) is 0 Å². The molecule has 0 saturated carbocycles. The summed E-state index contributed by atoms with van der Waals surface area (Å²) in [7, 11) is 0. The quantitative estimate of drug-likeness (QED) is 0.627. The van der Waals surface area contributed by atoms with Crippen LogP contribution >= 0.6 is 23.4 Å². The topological polar surface area (TPSA) is 38.8 Å². The Bertz CT molecular complexity index is 973. The highest BCUT2D eigenvalue weighted by Gasteiger charge is 2.39. The van der Waals surface area contributed by atoms with Gasteiger partial charge < -0.3 is 14.4 Å². The number of ether oxygens (including phenoxy) is 2. The van der Waals surface area contributed by atoms with Crippen molar-refractivity contribution < 1.29 is 14.3 Å². The van der Waals surface area contributed by atoms with Gasteiger partial charge in [0.2, 0.25) is 6.79 Å². The third kappa shape index (κ3) is 3.74. The molecule has 2 aromatic carbocycles. The van der Waals surface area contributed by atoms with E-state index < -0.39 is 0 Å². The number of rotatable bonds is 5. The van der Waals surface area contributed by atoms with Gasteiger partial charge in [-0.25, -0.2) is 0 Å². The molecule has 1 atom stereocenters. The van der Waals surface area contributed by atoms with Crippen molar-refractivity contribution in [1.82, 2.24) is 4.90 Å². The minimum Gasteiger partial charge on any atom is -0.454 e. The molecule has 5 rings (SSSR count). The van der Waals surface area contributed by atoms with Crippen molar-refractivity contribution >= 4 is 29.3 Å². The van der Waals surface area contributed by atoms with Crippen molar-refractivity contribution in [2.75, 3.05) is 6.79 Å². The van der Waals surface area contributed by atoms with Crippen molar-refractivity contribution in [3.8, 4) is 11.5 Å². The fourth-order valence-corrected chi connectivity index (χ4v) is 5.73. The molecule has 2 heterocycles. The number of thioether (sulfide) groups is 1. The van der Waals surface area contributed by atoms with Gasteiger partial charge in [0, 0.05) is 22.9 Å². The molecule has 0 fully saturated rings. The van der Waals surface area contributed by atoms with E-state index in [2.05, 4.69) is 12.1 Å². The highest BCUT2D eigenvalue weighted by atomic mass is 35.5. The highest BCUT2D eigenvalue weighted by Crippen LogP contribution is 2.43. The van der Waals surface area contributed by atoms with Gasteiger partial charge in [-0.05, 0) is 66.6 Å². The minimum absolute atomic E-state index is 0.0962. The Kier molecular flexibility index (Phi) is 5.18. The maximum atomic E-state index is 13.2. The van der Waals surface area contributed by atoms with Crippen LogP contribution in [0.5, 0.6) is 11.5 Å². The number of halogens is 1. The van der Waals surface area contributed by atoms with E-state index in [1.54, 1.807) is 0 Å². The summed E-state index contributed by atoms with van der Waals surface area (Å²) in [6, 6.07) is 13.9. The average molecular weight is 428 g/mol. The van der Waals surface area contributed by atoms with Gasteiger partial charge in [-0.2, -0.15) is 0 Å². The van der Waals surface area contributed by atoms with Crippen LogP contribution in [-0.4, -0.2) is 23.0 Å². The summed E-state index contributed by atoms with van der Waals surface area (Å²) >= 11 is 7.85. The SMILES string of the molecule is O=C1C2=C(CCCC2)[C@@H](SCc2ccc(Cl)cc2)N1Cc1ccc2c(c1)OCO2. The van der Waals surface area contributed by atoms with Crippen LogP contribution in [0.25, 0.3) is 0 Å². The van der Waals surface area contributed by atoms with Gasteiger partial charge in [0.15, 0.2) is 11.5 Å². The lowest BCUT2D eigenvalue weighted by atomic mass is 9.94. The van der Waals surface area contributed by atoms with Gasteiger partial charge in [0.1, 0.15) is 5.37 Å². The average Bonchev–Trinajstić information content (AvgIpc) is 3.31. The second kappa shape index (κ2) is 7.96. The first kappa shape index (κ1) is 18.9. The lowest BCUT2D eigenvalue weighted by Gasteiger charge is -2.27. The summed E-state index contributed by atoms with van der Waals surface area (Å²) in [6.07, 6.45) is 4.21. The molecule has 4 nitrogen and oxygen atoms in total. The monoisotopic (exact) mass is 427 g/mol. The summed E-state index contributed by atoms with van der Waals surface area (Å²) in [5.41, 5.74) is 4.67. The molecule has 0 saturated heterocycles. The molecule has 6 heteroatoms. The maximum absolute atomic E-state index is 13.2. The predicted octanol–water partition coefficient (Wildman–Crippen LogP) is 5.54. The zero-order valence-corrected chi connectivity index (χ0v) is 17.6. The third-order valence-electron chi connectivity index (χ3n) is 5.72. The zero-order valence-electron chi connectivity index (χ0n) is 16.0. The van der Waals surface area contributed by atoms with Gasteiger partial charge in [-0.1, -0.05) is 29.8 Å². The third-order valence-corrected chi connectivity index (χ3v) is 7.33. The van der Waals surface area contributed by atoms with E-state index in [0.29, 0.717) is 6.54 Å². The predicted molar refractivity (Wildman–Crippen MR) is 115 cm³/mol. The summed E-state index contributed by atoms with van der Waals surface area (Å²) in [5, 5.41) is 0.843. The molecule has 2 aliphatic heterocycles. The summed E-state index contributed by atoms with van der Waals surface area (Å²) in [5.74, 6) is 2.58. The van der Waals surface area contributed by atoms with Crippen molar-refractivity contribution in [3.05, 3.63) is 69.8 Å². The van der Waals surface area contributed by atoms with Crippen LogP contribution in [0.15, 0.2) is 53.6 Å².